The van der Waals surface area contributed by atoms with E-state index in [1.165, 1.54) is 43.2 Å². The van der Waals surface area contributed by atoms with Crippen molar-refractivity contribution in [3.05, 3.63) is 40.3 Å². The Bertz CT molecular complexity index is 674. The fraction of sp³-hybridized carbons (Fsp3) is 0.353. The van der Waals surface area contributed by atoms with Gasteiger partial charge in [-0.2, -0.15) is 0 Å². The third-order valence-corrected chi connectivity index (χ3v) is 4.90. The zero-order valence-corrected chi connectivity index (χ0v) is 13.4. The third-order valence-electron chi connectivity index (χ3n) is 3.98. The monoisotopic (exact) mass is 330 g/mol. The number of amides is 1. The van der Waals surface area contributed by atoms with Gasteiger partial charge in [0.05, 0.1) is 16.5 Å². The smallest absolute Gasteiger partial charge is 0.335 e. The van der Waals surface area contributed by atoms with Gasteiger partial charge in [-0.25, -0.2) is 4.79 Å². The molecule has 0 aromatic heterocycles. The number of aromatic carboxylic acids is 1. The second-order valence-corrected chi connectivity index (χ2v) is 6.75. The fourth-order valence-corrected chi connectivity index (χ4v) is 3.63. The van der Waals surface area contributed by atoms with Crippen molar-refractivity contribution >= 4 is 34.9 Å². The lowest BCUT2D eigenvalue weighted by Gasteiger charge is -2.17. The van der Waals surface area contributed by atoms with Gasteiger partial charge in [0.2, 0.25) is 0 Å². The lowest BCUT2D eigenvalue weighted by Crippen LogP contribution is -2.22. The summed E-state index contributed by atoms with van der Waals surface area (Å²) in [5.41, 5.74) is 1.03. The first kappa shape index (κ1) is 15.8. The number of thioether (sulfide) groups is 1. The molecule has 2 aliphatic rings. The number of aliphatic imine (C=N–C) groups is 1. The van der Waals surface area contributed by atoms with Crippen molar-refractivity contribution in [2.75, 3.05) is 0 Å². The molecule has 2 N–H and O–H groups in total. The van der Waals surface area contributed by atoms with Crippen molar-refractivity contribution < 1.29 is 14.7 Å². The van der Waals surface area contributed by atoms with Crippen molar-refractivity contribution in [2.45, 2.75) is 38.1 Å². The molecule has 1 heterocycles. The molecule has 0 bridgehead atoms. The zero-order chi connectivity index (χ0) is 16.2. The van der Waals surface area contributed by atoms with E-state index >= 15 is 0 Å². The number of carboxylic acids is 1. The normalized spacial score (nSPS) is 22.5. The average molecular weight is 330 g/mol. The van der Waals surface area contributed by atoms with Gasteiger partial charge >= 0.3 is 5.97 Å². The Kier molecular flexibility index (Phi) is 4.81. The molecule has 0 spiro atoms. The molecule has 3 rings (SSSR count). The minimum absolute atomic E-state index is 0.146. The number of carboxylic acid groups (broad SMARTS) is 1. The van der Waals surface area contributed by atoms with Gasteiger partial charge < -0.3 is 10.4 Å². The molecule has 2 fully saturated rings. The maximum atomic E-state index is 12.0. The number of hydrogen-bond acceptors (Lipinski definition) is 4. The highest BCUT2D eigenvalue weighted by atomic mass is 32.2. The number of nitrogens with one attached hydrogen (secondary N) is 1. The molecule has 0 atom stereocenters. The van der Waals surface area contributed by atoms with Gasteiger partial charge in [0, 0.05) is 0 Å². The van der Waals surface area contributed by atoms with E-state index in [2.05, 4.69) is 10.3 Å². The first-order valence-corrected chi connectivity index (χ1v) is 8.55. The molecule has 1 aromatic carbocycles. The molecule has 23 heavy (non-hydrogen) atoms. The van der Waals surface area contributed by atoms with E-state index in [1.54, 1.807) is 18.2 Å². The predicted molar refractivity (Wildman–Crippen MR) is 91.4 cm³/mol. The summed E-state index contributed by atoms with van der Waals surface area (Å²) in [6.45, 7) is 0. The number of carbonyl (C=O) groups excluding carboxylic acids is 1. The highest BCUT2D eigenvalue weighted by molar-refractivity contribution is 8.18. The number of carbonyl (C=O) groups is 2. The van der Waals surface area contributed by atoms with Crippen LogP contribution in [-0.4, -0.2) is 28.2 Å². The Morgan fingerprint density at radius 1 is 1.22 bits per heavy atom. The highest BCUT2D eigenvalue weighted by Gasteiger charge is 2.25. The lowest BCUT2D eigenvalue weighted by molar-refractivity contribution is -0.115. The SMILES string of the molecule is O=C1NC(=NC2CCCCC2)SC1=Cc1ccc(C(=O)O)cc1. The van der Waals surface area contributed by atoms with Gasteiger partial charge in [0.25, 0.3) is 5.91 Å². The minimum Gasteiger partial charge on any atom is -0.478 e. The van der Waals surface area contributed by atoms with Gasteiger partial charge in [0.1, 0.15) is 0 Å². The summed E-state index contributed by atoms with van der Waals surface area (Å²) in [4.78, 5) is 28.1. The average Bonchev–Trinajstić information content (AvgIpc) is 2.88. The van der Waals surface area contributed by atoms with Crippen LogP contribution in [0.1, 0.15) is 48.0 Å². The maximum Gasteiger partial charge on any atom is 0.335 e. The highest BCUT2D eigenvalue weighted by Crippen LogP contribution is 2.28. The molecular formula is C17H18N2O3S. The van der Waals surface area contributed by atoms with E-state index in [0.29, 0.717) is 16.1 Å². The number of rotatable bonds is 3. The summed E-state index contributed by atoms with van der Waals surface area (Å²) in [5, 5.41) is 12.4. The van der Waals surface area contributed by atoms with Gasteiger partial charge in [-0.3, -0.25) is 9.79 Å². The van der Waals surface area contributed by atoms with Crippen LogP contribution in [0.3, 0.4) is 0 Å². The number of nitrogens with zero attached hydrogens (tertiary/aromatic N) is 1. The van der Waals surface area contributed by atoms with E-state index < -0.39 is 5.97 Å². The molecule has 1 aliphatic carbocycles. The molecule has 0 radical (unpaired) electrons. The molecule has 1 aliphatic heterocycles. The molecule has 1 amide bonds. The van der Waals surface area contributed by atoms with Crippen LogP contribution in [0, 0.1) is 0 Å². The Morgan fingerprint density at radius 3 is 2.57 bits per heavy atom. The Hall–Kier alpha value is -2.08. The largest absolute Gasteiger partial charge is 0.478 e. The second kappa shape index (κ2) is 7.00. The summed E-state index contributed by atoms with van der Waals surface area (Å²) >= 11 is 1.35. The van der Waals surface area contributed by atoms with E-state index in [-0.39, 0.29) is 11.5 Å². The van der Waals surface area contributed by atoms with Crippen LogP contribution in [0.25, 0.3) is 6.08 Å². The minimum atomic E-state index is -0.959. The Morgan fingerprint density at radius 2 is 1.91 bits per heavy atom. The number of amidine groups is 1. The first-order chi connectivity index (χ1) is 11.1. The van der Waals surface area contributed by atoms with E-state index in [0.717, 1.165) is 18.4 Å². The van der Waals surface area contributed by atoms with Crippen molar-refractivity contribution in [1.82, 2.24) is 5.32 Å². The van der Waals surface area contributed by atoms with E-state index in [1.807, 2.05) is 0 Å². The molecule has 5 nitrogen and oxygen atoms in total. The summed E-state index contributed by atoms with van der Waals surface area (Å²) in [5.74, 6) is -1.11. The predicted octanol–water partition coefficient (Wildman–Crippen LogP) is 3.28. The number of hydrogen-bond donors (Lipinski definition) is 2. The zero-order valence-electron chi connectivity index (χ0n) is 12.6. The standard InChI is InChI=1S/C17H18N2O3S/c20-15-14(10-11-6-8-12(9-7-11)16(21)22)23-17(19-15)18-13-4-2-1-3-5-13/h6-10,13H,1-5H2,(H,21,22)(H,18,19,20). The van der Waals surface area contributed by atoms with Crippen molar-refractivity contribution in [3.8, 4) is 0 Å². The molecule has 1 saturated carbocycles. The topological polar surface area (TPSA) is 78.8 Å². The van der Waals surface area contributed by atoms with Gasteiger partial charge in [-0.15, -0.1) is 0 Å². The van der Waals surface area contributed by atoms with Crippen molar-refractivity contribution in [3.63, 3.8) is 0 Å². The van der Waals surface area contributed by atoms with Crippen LogP contribution in [0.5, 0.6) is 0 Å². The Labute approximate surface area is 138 Å². The summed E-state index contributed by atoms with van der Waals surface area (Å²) < 4.78 is 0. The summed E-state index contributed by atoms with van der Waals surface area (Å²) in [6.07, 6.45) is 7.63. The second-order valence-electron chi connectivity index (χ2n) is 5.72. The first-order valence-electron chi connectivity index (χ1n) is 7.74. The van der Waals surface area contributed by atoms with Crippen LogP contribution in [0.2, 0.25) is 0 Å². The molecule has 6 heteroatoms. The van der Waals surface area contributed by atoms with E-state index in [9.17, 15) is 9.59 Å². The molecular weight excluding hydrogens is 312 g/mol. The summed E-state index contributed by atoms with van der Waals surface area (Å²) in [7, 11) is 0. The van der Waals surface area contributed by atoms with Crippen LogP contribution in [-0.2, 0) is 4.79 Å². The van der Waals surface area contributed by atoms with Gasteiger partial charge in [-0.1, -0.05) is 31.4 Å². The van der Waals surface area contributed by atoms with Crippen LogP contribution in [0.4, 0.5) is 0 Å². The fourth-order valence-electron chi connectivity index (χ4n) is 2.74. The van der Waals surface area contributed by atoms with Crippen molar-refractivity contribution in [1.29, 1.82) is 0 Å². The lowest BCUT2D eigenvalue weighted by atomic mass is 9.96. The number of benzene rings is 1. The maximum absolute atomic E-state index is 12.0. The summed E-state index contributed by atoms with van der Waals surface area (Å²) in [6, 6.07) is 6.77. The van der Waals surface area contributed by atoms with Crippen LogP contribution < -0.4 is 5.32 Å². The van der Waals surface area contributed by atoms with Gasteiger partial charge in [0.15, 0.2) is 5.17 Å². The van der Waals surface area contributed by atoms with E-state index in [4.69, 9.17) is 5.11 Å². The Balaban J connectivity index is 1.71. The van der Waals surface area contributed by atoms with Crippen LogP contribution >= 0.6 is 11.8 Å². The van der Waals surface area contributed by atoms with Crippen LogP contribution in [0.15, 0.2) is 34.2 Å². The molecule has 120 valence electrons. The third kappa shape index (κ3) is 4.01. The van der Waals surface area contributed by atoms with Crippen molar-refractivity contribution in [2.24, 2.45) is 4.99 Å². The molecule has 0 unspecified atom stereocenters. The quantitative estimate of drug-likeness (QED) is 0.834. The van der Waals surface area contributed by atoms with Gasteiger partial charge in [-0.05, 0) is 48.4 Å². The molecule has 1 aromatic rings. The molecule has 1 saturated heterocycles.